The first kappa shape index (κ1) is 12.3. The van der Waals surface area contributed by atoms with Crippen LogP contribution in [0.3, 0.4) is 0 Å². The molecule has 4 unspecified atom stereocenters. The third-order valence-corrected chi connectivity index (χ3v) is 4.30. The Kier molecular flexibility index (Phi) is 3.56. The maximum absolute atomic E-state index is 9.87. The van der Waals surface area contributed by atoms with Crippen LogP contribution in [0.2, 0.25) is 0 Å². The van der Waals surface area contributed by atoms with E-state index in [-0.39, 0.29) is 13.2 Å². The third-order valence-electron chi connectivity index (χ3n) is 2.92. The molecule has 0 aromatic rings. The number of aliphatic hydroxyl groups excluding tert-OH is 3. The summed E-state index contributed by atoms with van der Waals surface area (Å²) in [5.41, 5.74) is 0. The van der Waals surface area contributed by atoms with E-state index in [0.29, 0.717) is 0 Å². The van der Waals surface area contributed by atoms with Crippen LogP contribution < -0.4 is 0 Å². The summed E-state index contributed by atoms with van der Waals surface area (Å²) in [6.07, 6.45) is -0.105. The standard InChI is InChI=1S/C10H17NO4S/c1-2-3-7-11-9-8(14)6(13)4-15-10(9,5-12)16-7/h6,8-9,12-14H,2-5H2,1H3. The maximum Gasteiger partial charge on any atom is 0.167 e. The predicted molar refractivity (Wildman–Crippen MR) is 61.5 cm³/mol. The SMILES string of the molecule is CCCC1=NC2C(O)C(O)COC2(CO)S1. The lowest BCUT2D eigenvalue weighted by atomic mass is 9.97. The molecule has 0 saturated carbocycles. The Morgan fingerprint density at radius 1 is 1.56 bits per heavy atom. The molecule has 6 heteroatoms. The molecule has 0 aromatic heterocycles. The van der Waals surface area contributed by atoms with Crippen molar-refractivity contribution >= 4 is 16.8 Å². The van der Waals surface area contributed by atoms with Crippen molar-refractivity contribution in [1.29, 1.82) is 0 Å². The molecule has 0 amide bonds. The fourth-order valence-electron chi connectivity index (χ4n) is 2.03. The first-order valence-electron chi connectivity index (χ1n) is 5.49. The summed E-state index contributed by atoms with van der Waals surface area (Å²) in [5.74, 6) is 0. The van der Waals surface area contributed by atoms with E-state index in [0.717, 1.165) is 17.9 Å². The summed E-state index contributed by atoms with van der Waals surface area (Å²) in [6.45, 7) is 1.88. The van der Waals surface area contributed by atoms with Gasteiger partial charge in [0.1, 0.15) is 18.2 Å². The molecule has 0 radical (unpaired) electrons. The van der Waals surface area contributed by atoms with Gasteiger partial charge < -0.3 is 20.1 Å². The van der Waals surface area contributed by atoms with E-state index in [2.05, 4.69) is 4.99 Å². The molecule has 2 rings (SSSR count). The number of thioether (sulfide) groups is 1. The van der Waals surface area contributed by atoms with Crippen molar-refractivity contribution in [1.82, 2.24) is 0 Å². The molecule has 2 heterocycles. The molecule has 0 bridgehead atoms. The highest BCUT2D eigenvalue weighted by molar-refractivity contribution is 8.15. The second-order valence-electron chi connectivity index (χ2n) is 4.16. The summed E-state index contributed by atoms with van der Waals surface area (Å²) < 4.78 is 5.49. The molecule has 1 saturated heterocycles. The number of nitrogens with zero attached hydrogens (tertiary/aromatic N) is 1. The second kappa shape index (κ2) is 4.62. The van der Waals surface area contributed by atoms with Gasteiger partial charge in [-0.1, -0.05) is 25.1 Å². The Morgan fingerprint density at radius 3 is 2.94 bits per heavy atom. The van der Waals surface area contributed by atoms with Crippen LogP contribution in [0, 0.1) is 0 Å². The minimum Gasteiger partial charge on any atom is -0.392 e. The number of aliphatic imine (C=N–C) groups is 1. The van der Waals surface area contributed by atoms with Crippen LogP contribution in [-0.2, 0) is 4.74 Å². The van der Waals surface area contributed by atoms with Gasteiger partial charge in [0.15, 0.2) is 4.93 Å². The van der Waals surface area contributed by atoms with E-state index in [1.54, 1.807) is 0 Å². The van der Waals surface area contributed by atoms with Gasteiger partial charge in [-0.2, -0.15) is 0 Å². The Bertz CT molecular complexity index is 299. The lowest BCUT2D eigenvalue weighted by molar-refractivity contribution is -0.155. The van der Waals surface area contributed by atoms with Crippen LogP contribution >= 0.6 is 11.8 Å². The minimum absolute atomic E-state index is 0.0418. The van der Waals surface area contributed by atoms with Gasteiger partial charge in [0.25, 0.3) is 0 Å². The second-order valence-corrected chi connectivity index (χ2v) is 5.53. The van der Waals surface area contributed by atoms with Gasteiger partial charge in [0, 0.05) is 0 Å². The number of fused-ring (bicyclic) bond motifs is 1. The fraction of sp³-hybridized carbons (Fsp3) is 0.900. The zero-order chi connectivity index (χ0) is 11.8. The number of hydrogen-bond donors (Lipinski definition) is 3. The quantitative estimate of drug-likeness (QED) is 0.640. The number of rotatable bonds is 3. The van der Waals surface area contributed by atoms with E-state index in [9.17, 15) is 15.3 Å². The number of aliphatic hydroxyl groups is 3. The van der Waals surface area contributed by atoms with Crippen molar-refractivity contribution in [3.05, 3.63) is 0 Å². The minimum atomic E-state index is -0.956. The number of ether oxygens (including phenoxy) is 1. The van der Waals surface area contributed by atoms with Gasteiger partial charge in [-0.05, 0) is 6.42 Å². The Morgan fingerprint density at radius 2 is 2.31 bits per heavy atom. The molecule has 2 aliphatic heterocycles. The predicted octanol–water partition coefficient (Wildman–Crippen LogP) is -0.259. The van der Waals surface area contributed by atoms with Gasteiger partial charge in [-0.3, -0.25) is 4.99 Å². The molecule has 92 valence electrons. The topological polar surface area (TPSA) is 82.3 Å². The molecule has 5 nitrogen and oxygen atoms in total. The molecule has 0 spiro atoms. The van der Waals surface area contributed by atoms with E-state index < -0.39 is 23.2 Å². The van der Waals surface area contributed by atoms with Crippen molar-refractivity contribution in [2.75, 3.05) is 13.2 Å². The summed E-state index contributed by atoms with van der Waals surface area (Å²) in [6, 6.07) is -0.562. The highest BCUT2D eigenvalue weighted by Gasteiger charge is 2.54. The highest BCUT2D eigenvalue weighted by atomic mass is 32.2. The van der Waals surface area contributed by atoms with Crippen molar-refractivity contribution in [3.63, 3.8) is 0 Å². The molecular formula is C10H17NO4S. The lowest BCUT2D eigenvalue weighted by Crippen LogP contribution is -2.58. The molecule has 16 heavy (non-hydrogen) atoms. The van der Waals surface area contributed by atoms with Crippen LogP contribution in [0.25, 0.3) is 0 Å². The maximum atomic E-state index is 9.87. The average molecular weight is 247 g/mol. The largest absolute Gasteiger partial charge is 0.392 e. The first-order valence-corrected chi connectivity index (χ1v) is 6.31. The van der Waals surface area contributed by atoms with Crippen molar-refractivity contribution in [3.8, 4) is 0 Å². The Hall–Kier alpha value is -0.140. The fourth-order valence-corrected chi connectivity index (χ4v) is 3.40. The van der Waals surface area contributed by atoms with Crippen molar-refractivity contribution in [2.45, 2.75) is 42.9 Å². The van der Waals surface area contributed by atoms with Crippen LogP contribution in [0.15, 0.2) is 4.99 Å². The molecular weight excluding hydrogens is 230 g/mol. The Balaban J connectivity index is 2.20. The first-order chi connectivity index (χ1) is 7.63. The summed E-state index contributed by atoms with van der Waals surface area (Å²) in [7, 11) is 0. The summed E-state index contributed by atoms with van der Waals surface area (Å²) in [5, 5.41) is 29.7. The van der Waals surface area contributed by atoms with Gasteiger partial charge in [-0.15, -0.1) is 0 Å². The average Bonchev–Trinajstić information content (AvgIpc) is 2.65. The summed E-state index contributed by atoms with van der Waals surface area (Å²) in [4.78, 5) is 3.47. The van der Waals surface area contributed by atoms with Crippen LogP contribution in [0.1, 0.15) is 19.8 Å². The highest BCUT2D eigenvalue weighted by Crippen LogP contribution is 2.44. The van der Waals surface area contributed by atoms with Gasteiger partial charge in [-0.25, -0.2) is 0 Å². The summed E-state index contributed by atoms with van der Waals surface area (Å²) >= 11 is 1.38. The smallest absolute Gasteiger partial charge is 0.167 e. The van der Waals surface area contributed by atoms with Gasteiger partial charge in [0.05, 0.1) is 18.3 Å². The molecule has 0 aliphatic carbocycles. The molecule has 4 atom stereocenters. The zero-order valence-electron chi connectivity index (χ0n) is 9.17. The van der Waals surface area contributed by atoms with Crippen LogP contribution in [0.5, 0.6) is 0 Å². The van der Waals surface area contributed by atoms with Crippen LogP contribution in [-0.4, -0.2) is 56.8 Å². The lowest BCUT2D eigenvalue weighted by Gasteiger charge is -2.40. The van der Waals surface area contributed by atoms with E-state index in [1.807, 2.05) is 6.92 Å². The van der Waals surface area contributed by atoms with Gasteiger partial charge >= 0.3 is 0 Å². The molecule has 2 aliphatic rings. The van der Waals surface area contributed by atoms with E-state index >= 15 is 0 Å². The zero-order valence-corrected chi connectivity index (χ0v) is 9.98. The number of hydrogen-bond acceptors (Lipinski definition) is 6. The van der Waals surface area contributed by atoms with Gasteiger partial charge in [0.2, 0.25) is 0 Å². The van der Waals surface area contributed by atoms with E-state index in [4.69, 9.17) is 4.74 Å². The molecule has 1 fully saturated rings. The molecule has 0 aromatic carbocycles. The monoisotopic (exact) mass is 247 g/mol. The van der Waals surface area contributed by atoms with Crippen LogP contribution in [0.4, 0.5) is 0 Å². The molecule has 3 N–H and O–H groups in total. The van der Waals surface area contributed by atoms with E-state index in [1.165, 1.54) is 11.8 Å². The Labute approximate surface area is 98.5 Å². The normalized spacial score (nSPS) is 43.0. The van der Waals surface area contributed by atoms with Crippen molar-refractivity contribution in [2.24, 2.45) is 4.99 Å². The van der Waals surface area contributed by atoms with Crippen molar-refractivity contribution < 1.29 is 20.1 Å². The third kappa shape index (κ3) is 1.89.